The topological polar surface area (TPSA) is 65.9 Å². The van der Waals surface area contributed by atoms with Crippen molar-refractivity contribution in [2.75, 3.05) is 50.7 Å². The van der Waals surface area contributed by atoms with E-state index in [4.69, 9.17) is 10.8 Å². The highest BCUT2D eigenvalue weighted by Crippen LogP contribution is 2.36. The molecule has 1 aromatic carbocycles. The summed E-state index contributed by atoms with van der Waals surface area (Å²) in [6.07, 6.45) is 12.8. The van der Waals surface area contributed by atoms with Crippen LogP contribution in [-0.4, -0.2) is 76.3 Å². The van der Waals surface area contributed by atoms with E-state index in [2.05, 4.69) is 37.9 Å². The number of rotatable bonds is 7. The van der Waals surface area contributed by atoms with Gasteiger partial charge in [0.25, 0.3) is 0 Å². The number of allylic oxidation sites excluding steroid dienone is 2. The third kappa shape index (κ3) is 5.06. The van der Waals surface area contributed by atoms with Crippen LogP contribution in [0.25, 0.3) is 11.2 Å². The fourth-order valence-corrected chi connectivity index (χ4v) is 6.07. The van der Waals surface area contributed by atoms with Crippen molar-refractivity contribution in [3.63, 3.8) is 0 Å². The van der Waals surface area contributed by atoms with E-state index in [1.54, 1.807) is 12.1 Å². The lowest BCUT2D eigenvalue weighted by atomic mass is 9.96. The van der Waals surface area contributed by atoms with Gasteiger partial charge in [0.05, 0.1) is 17.9 Å². The third-order valence-corrected chi connectivity index (χ3v) is 8.07. The maximum atomic E-state index is 13.9. The summed E-state index contributed by atoms with van der Waals surface area (Å²) in [5.74, 6) is 0.726. The van der Waals surface area contributed by atoms with Gasteiger partial charge in [0.1, 0.15) is 11.6 Å². The van der Waals surface area contributed by atoms with E-state index in [9.17, 15) is 4.39 Å². The van der Waals surface area contributed by atoms with Crippen LogP contribution in [0.3, 0.4) is 0 Å². The van der Waals surface area contributed by atoms with Gasteiger partial charge in [-0.3, -0.25) is 4.90 Å². The first kappa shape index (κ1) is 24.3. The molecule has 0 spiro atoms. The van der Waals surface area contributed by atoms with Crippen LogP contribution in [0.15, 0.2) is 60.8 Å². The molecule has 2 aliphatic heterocycles. The molecule has 0 bridgehead atoms. The number of imidazole rings is 1. The molecule has 2 aromatic heterocycles. The van der Waals surface area contributed by atoms with Crippen LogP contribution in [0.5, 0.6) is 0 Å². The summed E-state index contributed by atoms with van der Waals surface area (Å²) in [6, 6.07) is 11.6. The zero-order valence-corrected chi connectivity index (χ0v) is 21.3. The predicted octanol–water partition coefficient (Wildman–Crippen LogP) is 3.89. The quantitative estimate of drug-likeness (QED) is 0.530. The van der Waals surface area contributed by atoms with Gasteiger partial charge in [-0.2, -0.15) is 0 Å². The molecule has 8 heteroatoms. The number of benzene rings is 1. The van der Waals surface area contributed by atoms with Crippen molar-refractivity contribution < 1.29 is 4.39 Å². The number of hydrogen-bond acceptors (Lipinski definition) is 6. The summed E-state index contributed by atoms with van der Waals surface area (Å²) in [6.45, 7) is 7.14. The number of nitrogens with zero attached hydrogens (tertiary/aromatic N) is 6. The minimum atomic E-state index is -0.187. The summed E-state index contributed by atoms with van der Waals surface area (Å²) >= 11 is 0. The number of hydrogen-bond donors (Lipinski definition) is 1. The molecule has 3 aromatic rings. The molecule has 0 radical (unpaired) electrons. The molecule has 2 saturated heterocycles. The van der Waals surface area contributed by atoms with Crippen LogP contribution < -0.4 is 10.6 Å². The Labute approximate surface area is 218 Å². The Balaban J connectivity index is 1.20. The van der Waals surface area contributed by atoms with E-state index < -0.39 is 0 Å². The highest BCUT2D eigenvalue weighted by atomic mass is 19.1. The van der Waals surface area contributed by atoms with Gasteiger partial charge in [-0.1, -0.05) is 30.4 Å². The first-order chi connectivity index (χ1) is 18.2. The maximum absolute atomic E-state index is 13.9. The van der Waals surface area contributed by atoms with Gasteiger partial charge in [0, 0.05) is 38.8 Å². The van der Waals surface area contributed by atoms with Crippen LogP contribution in [0, 0.1) is 5.82 Å². The predicted molar refractivity (Wildman–Crippen MR) is 146 cm³/mol. The average Bonchev–Trinajstić information content (AvgIpc) is 3.60. The smallest absolute Gasteiger partial charge is 0.154 e. The number of piperazine rings is 1. The number of nitrogens with two attached hydrogens (primary N) is 1. The zero-order chi connectivity index (χ0) is 25.2. The highest BCUT2D eigenvalue weighted by molar-refractivity contribution is 5.69. The van der Waals surface area contributed by atoms with Gasteiger partial charge < -0.3 is 15.5 Å². The molecule has 2 unspecified atom stereocenters. The van der Waals surface area contributed by atoms with Gasteiger partial charge in [0.15, 0.2) is 5.65 Å². The van der Waals surface area contributed by atoms with E-state index in [1.165, 1.54) is 11.6 Å². The standard InChI is InChI=1S/C29H36FN7/c30-24-7-1-5-22(19-24)26-9-3-14-36(26)29-11-10-28-32-21-27(37(28)33-29)23-6-2-8-25(20-23)35-17-15-34(16-18-35)13-4-12-31/h1-2,5-8,10-11,19,21,25-26H,3-4,9,12-18,20,31H2. The molecule has 194 valence electrons. The van der Waals surface area contributed by atoms with Crippen molar-refractivity contribution in [1.29, 1.82) is 0 Å². The molecule has 0 saturated carbocycles. The molecule has 0 amide bonds. The van der Waals surface area contributed by atoms with Crippen molar-refractivity contribution in [3.05, 3.63) is 77.9 Å². The summed E-state index contributed by atoms with van der Waals surface area (Å²) < 4.78 is 15.9. The minimum absolute atomic E-state index is 0.136. The van der Waals surface area contributed by atoms with Crippen molar-refractivity contribution in [3.8, 4) is 0 Å². The van der Waals surface area contributed by atoms with Gasteiger partial charge in [-0.15, -0.1) is 5.10 Å². The summed E-state index contributed by atoms with van der Waals surface area (Å²) in [5.41, 5.74) is 9.86. The van der Waals surface area contributed by atoms with Crippen LogP contribution in [0.4, 0.5) is 10.2 Å². The average molecular weight is 502 g/mol. The van der Waals surface area contributed by atoms with Crippen molar-refractivity contribution >= 4 is 17.0 Å². The Bertz CT molecular complexity index is 1290. The molecular weight excluding hydrogens is 465 g/mol. The number of aromatic nitrogens is 3. The van der Waals surface area contributed by atoms with Gasteiger partial charge in [-0.05, 0) is 74.2 Å². The van der Waals surface area contributed by atoms with Crippen molar-refractivity contribution in [2.45, 2.75) is 37.8 Å². The third-order valence-electron chi connectivity index (χ3n) is 8.07. The van der Waals surface area contributed by atoms with Gasteiger partial charge >= 0.3 is 0 Å². The second-order valence-electron chi connectivity index (χ2n) is 10.4. The van der Waals surface area contributed by atoms with E-state index in [-0.39, 0.29) is 11.9 Å². The highest BCUT2D eigenvalue weighted by Gasteiger charge is 2.29. The largest absolute Gasteiger partial charge is 0.348 e. The fourth-order valence-electron chi connectivity index (χ4n) is 6.07. The molecule has 4 heterocycles. The van der Waals surface area contributed by atoms with Gasteiger partial charge in [0.2, 0.25) is 0 Å². The van der Waals surface area contributed by atoms with E-state index in [0.29, 0.717) is 6.04 Å². The number of anilines is 1. The second-order valence-corrected chi connectivity index (χ2v) is 10.4. The van der Waals surface area contributed by atoms with Crippen LogP contribution in [-0.2, 0) is 0 Å². The molecule has 3 aliphatic rings. The first-order valence-corrected chi connectivity index (χ1v) is 13.6. The normalized spacial score (nSPS) is 23.2. The Morgan fingerprint density at radius 1 is 1.05 bits per heavy atom. The minimum Gasteiger partial charge on any atom is -0.348 e. The van der Waals surface area contributed by atoms with E-state index in [0.717, 1.165) is 94.2 Å². The lowest BCUT2D eigenvalue weighted by Gasteiger charge is -2.39. The summed E-state index contributed by atoms with van der Waals surface area (Å²) in [5, 5.41) is 5.06. The summed E-state index contributed by atoms with van der Waals surface area (Å²) in [4.78, 5) is 12.1. The van der Waals surface area contributed by atoms with Crippen LogP contribution >= 0.6 is 0 Å². The lowest BCUT2D eigenvalue weighted by molar-refractivity contribution is 0.112. The Morgan fingerprint density at radius 3 is 2.78 bits per heavy atom. The maximum Gasteiger partial charge on any atom is 0.154 e. The molecule has 1 aliphatic carbocycles. The first-order valence-electron chi connectivity index (χ1n) is 13.6. The van der Waals surface area contributed by atoms with Crippen LogP contribution in [0.2, 0.25) is 0 Å². The second kappa shape index (κ2) is 10.7. The van der Waals surface area contributed by atoms with Crippen LogP contribution in [0.1, 0.15) is 43.0 Å². The van der Waals surface area contributed by atoms with Gasteiger partial charge in [-0.25, -0.2) is 13.9 Å². The number of fused-ring (bicyclic) bond motifs is 1. The Kier molecular flexibility index (Phi) is 7.04. The molecule has 6 rings (SSSR count). The fraction of sp³-hybridized carbons (Fsp3) is 0.448. The lowest BCUT2D eigenvalue weighted by Crippen LogP contribution is -2.50. The van der Waals surface area contributed by atoms with E-state index >= 15 is 0 Å². The molecule has 2 fully saturated rings. The Hall–Kier alpha value is -3.07. The molecule has 37 heavy (non-hydrogen) atoms. The Morgan fingerprint density at radius 2 is 1.95 bits per heavy atom. The van der Waals surface area contributed by atoms with Crippen molar-refractivity contribution in [2.24, 2.45) is 5.73 Å². The zero-order valence-electron chi connectivity index (χ0n) is 21.3. The molecular formula is C29H36FN7. The van der Waals surface area contributed by atoms with E-state index in [1.807, 2.05) is 28.9 Å². The summed E-state index contributed by atoms with van der Waals surface area (Å²) in [7, 11) is 0. The molecule has 7 nitrogen and oxygen atoms in total. The monoisotopic (exact) mass is 501 g/mol. The molecule has 2 atom stereocenters. The molecule has 2 N–H and O–H groups in total. The number of halogens is 1. The van der Waals surface area contributed by atoms with Crippen molar-refractivity contribution in [1.82, 2.24) is 24.4 Å². The SMILES string of the molecule is NCCCN1CCN(C2C=CC=C(c3cnc4ccc(N5CCCC5c5cccc(F)c5)nn34)C2)CC1.